The van der Waals surface area contributed by atoms with Crippen LogP contribution in [0.5, 0.6) is 0 Å². The fourth-order valence-corrected chi connectivity index (χ4v) is 10.1. The second kappa shape index (κ2) is 9.82. The number of fused-ring (bicyclic) bond motifs is 5. The average molecular weight is 565 g/mol. The Bertz CT molecular complexity index is 1060. The molecule has 0 aromatic carbocycles. The largest absolute Gasteiger partial charge is 0.458 e. The van der Waals surface area contributed by atoms with Gasteiger partial charge in [0, 0.05) is 43.8 Å². The van der Waals surface area contributed by atoms with E-state index in [1.807, 2.05) is 6.92 Å². The Morgan fingerprint density at radius 1 is 1.07 bits per heavy atom. The van der Waals surface area contributed by atoms with Crippen LogP contribution in [0.3, 0.4) is 0 Å². The van der Waals surface area contributed by atoms with E-state index in [1.165, 1.54) is 6.08 Å². The van der Waals surface area contributed by atoms with Crippen molar-refractivity contribution in [1.29, 1.82) is 0 Å². The highest BCUT2D eigenvalue weighted by Crippen LogP contribution is 2.70. The van der Waals surface area contributed by atoms with Crippen molar-refractivity contribution in [3.05, 3.63) is 11.6 Å². The summed E-state index contributed by atoms with van der Waals surface area (Å²) in [7, 11) is 1.55. The molecule has 0 amide bonds. The van der Waals surface area contributed by atoms with Crippen LogP contribution < -0.4 is 0 Å². The molecule has 0 bridgehead atoms. The van der Waals surface area contributed by atoms with Crippen molar-refractivity contribution in [2.75, 3.05) is 13.7 Å². The van der Waals surface area contributed by atoms with E-state index in [9.17, 15) is 30.0 Å². The first kappa shape index (κ1) is 28.7. The molecule has 0 aromatic heterocycles. The van der Waals surface area contributed by atoms with Crippen molar-refractivity contribution in [3.8, 4) is 0 Å². The van der Waals surface area contributed by atoms with E-state index >= 15 is 0 Å². The third-order valence-electron chi connectivity index (χ3n) is 12.1. The van der Waals surface area contributed by atoms with Gasteiger partial charge in [0.1, 0.15) is 19.0 Å². The summed E-state index contributed by atoms with van der Waals surface area (Å²) < 4.78 is 22.8. The normalized spacial score (nSPS) is 54.1. The number of aliphatic hydroxyl groups is 4. The van der Waals surface area contributed by atoms with Crippen molar-refractivity contribution in [1.82, 2.24) is 0 Å². The highest BCUT2D eigenvalue weighted by molar-refractivity contribution is 5.85. The van der Waals surface area contributed by atoms with Crippen molar-refractivity contribution in [3.63, 3.8) is 0 Å². The Labute approximate surface area is 235 Å². The molecule has 6 rings (SSSR count). The molecule has 5 fully saturated rings. The van der Waals surface area contributed by atoms with Gasteiger partial charge in [-0.15, -0.1) is 0 Å². The van der Waals surface area contributed by atoms with Crippen molar-refractivity contribution >= 4 is 12.3 Å². The highest BCUT2D eigenvalue weighted by atomic mass is 16.7. The molecule has 0 spiro atoms. The standard InChI is InChI=1S/C30H44O10/c1-16-26(34)22(37-3)11-24(39-16)40-18-4-8-28(15-31)19-5-7-27(2)25(17-10-23(33)38-14-17)21(32)13-30(27,36)20(19)6-9-29(28,35)12-18/h10,15-16,18-22,24-26,32,34-36H,4-9,11-14H2,1-3H3/t16-,18+,19-,20-,21+,22-,24+,25+,26+,27-,28+,29+,30+/m1/s1. The molecule has 13 atom stereocenters. The SMILES string of the molecule is CO[C@@H]1C[C@H](O[C@H]2CC[C@]3(C=O)[C@@H]4CC[C@]5(C)[C@@H](C6=CC(=O)OC6)[C@@H](O)C[C@]5(O)[C@@H]4CC[C@]3(O)C2)O[C@H](C)[C@@H]1O. The van der Waals surface area contributed by atoms with E-state index in [0.29, 0.717) is 44.9 Å². The first-order chi connectivity index (χ1) is 18.9. The quantitative estimate of drug-likeness (QED) is 0.219. The molecule has 10 nitrogen and oxygen atoms in total. The minimum atomic E-state index is -1.28. The molecule has 40 heavy (non-hydrogen) atoms. The fourth-order valence-electron chi connectivity index (χ4n) is 10.1. The van der Waals surface area contributed by atoms with E-state index in [2.05, 4.69) is 0 Å². The number of ether oxygens (including phenoxy) is 4. The molecule has 4 saturated carbocycles. The Kier molecular flexibility index (Phi) is 7.05. The Hall–Kier alpha value is -1.40. The second-order valence-electron chi connectivity index (χ2n) is 13.7. The maximum atomic E-state index is 13.0. The number of carbonyl (C=O) groups excluding carboxylic acids is 2. The van der Waals surface area contributed by atoms with Crippen molar-refractivity contribution < 1.29 is 49.0 Å². The highest BCUT2D eigenvalue weighted by Gasteiger charge is 2.73. The van der Waals surface area contributed by atoms with Crippen LogP contribution in [0.4, 0.5) is 0 Å². The Morgan fingerprint density at radius 3 is 2.50 bits per heavy atom. The van der Waals surface area contributed by atoms with E-state index in [1.54, 1.807) is 14.0 Å². The predicted octanol–water partition coefficient (Wildman–Crippen LogP) is 1.40. The van der Waals surface area contributed by atoms with Crippen molar-refractivity contribution in [2.24, 2.45) is 28.6 Å². The van der Waals surface area contributed by atoms with Gasteiger partial charge in [0.25, 0.3) is 0 Å². The molecule has 6 aliphatic rings. The first-order valence-electron chi connectivity index (χ1n) is 14.9. The minimum absolute atomic E-state index is 0.132. The maximum Gasteiger partial charge on any atom is 0.331 e. The molecule has 2 aliphatic heterocycles. The number of methoxy groups -OCH3 is 1. The van der Waals surface area contributed by atoms with Crippen LogP contribution in [-0.2, 0) is 28.5 Å². The van der Waals surface area contributed by atoms with Crippen LogP contribution in [-0.4, -0.2) is 94.4 Å². The second-order valence-corrected chi connectivity index (χ2v) is 13.7. The lowest BCUT2D eigenvalue weighted by atomic mass is 9.41. The molecular formula is C30H44O10. The van der Waals surface area contributed by atoms with E-state index in [4.69, 9.17) is 18.9 Å². The predicted molar refractivity (Wildman–Crippen MR) is 140 cm³/mol. The minimum Gasteiger partial charge on any atom is -0.458 e. The summed E-state index contributed by atoms with van der Waals surface area (Å²) in [5.74, 6) is -1.31. The lowest BCUT2D eigenvalue weighted by molar-refractivity contribution is -0.287. The molecule has 0 radical (unpaired) electrons. The van der Waals surface area contributed by atoms with Crippen LogP contribution in [0.2, 0.25) is 0 Å². The number of aldehydes is 1. The van der Waals surface area contributed by atoms with Gasteiger partial charge in [0.15, 0.2) is 6.29 Å². The smallest absolute Gasteiger partial charge is 0.331 e. The molecule has 2 heterocycles. The van der Waals surface area contributed by atoms with Gasteiger partial charge >= 0.3 is 5.97 Å². The summed E-state index contributed by atoms with van der Waals surface area (Å²) in [6, 6.07) is 0. The molecular weight excluding hydrogens is 520 g/mol. The van der Waals surface area contributed by atoms with Gasteiger partial charge in [-0.25, -0.2) is 4.79 Å². The number of hydrogen-bond donors (Lipinski definition) is 4. The summed E-state index contributed by atoms with van der Waals surface area (Å²) >= 11 is 0. The van der Waals surface area contributed by atoms with Crippen LogP contribution in [0.25, 0.3) is 0 Å². The molecule has 4 aliphatic carbocycles. The molecule has 224 valence electrons. The lowest BCUT2D eigenvalue weighted by Crippen LogP contribution is -2.69. The lowest BCUT2D eigenvalue weighted by Gasteiger charge is -2.65. The molecule has 0 unspecified atom stereocenters. The molecule has 0 aromatic rings. The fraction of sp³-hybridized carbons (Fsp3) is 0.867. The average Bonchev–Trinajstić information content (AvgIpc) is 3.41. The van der Waals surface area contributed by atoms with Crippen molar-refractivity contribution in [2.45, 2.75) is 120 Å². The number of rotatable bonds is 5. The van der Waals surface area contributed by atoms with E-state index in [-0.39, 0.29) is 37.4 Å². The number of hydrogen-bond acceptors (Lipinski definition) is 10. The summed E-state index contributed by atoms with van der Waals surface area (Å²) in [6.45, 7) is 3.91. The van der Waals surface area contributed by atoms with Gasteiger partial charge in [-0.05, 0) is 62.9 Å². The summed E-state index contributed by atoms with van der Waals surface area (Å²) in [6.07, 6.45) is 2.99. The van der Waals surface area contributed by atoms with Gasteiger partial charge in [-0.1, -0.05) is 6.92 Å². The topological polar surface area (TPSA) is 152 Å². The first-order valence-corrected chi connectivity index (χ1v) is 14.9. The zero-order valence-corrected chi connectivity index (χ0v) is 23.7. The molecule has 4 N–H and O–H groups in total. The Morgan fingerprint density at radius 2 is 1.82 bits per heavy atom. The third-order valence-corrected chi connectivity index (χ3v) is 12.1. The van der Waals surface area contributed by atoms with Gasteiger partial charge in [-0.3, -0.25) is 0 Å². The van der Waals surface area contributed by atoms with Crippen LogP contribution in [0.1, 0.15) is 71.6 Å². The molecule has 1 saturated heterocycles. The zero-order chi connectivity index (χ0) is 28.7. The monoisotopic (exact) mass is 564 g/mol. The number of carbonyl (C=O) groups is 2. The number of aliphatic hydroxyl groups excluding tert-OH is 2. The van der Waals surface area contributed by atoms with Crippen LogP contribution >= 0.6 is 0 Å². The van der Waals surface area contributed by atoms with Gasteiger partial charge in [-0.2, -0.15) is 0 Å². The maximum absolute atomic E-state index is 13.0. The third kappa shape index (κ3) is 3.93. The summed E-state index contributed by atoms with van der Waals surface area (Å²) in [5.41, 5.74) is -3.49. The van der Waals surface area contributed by atoms with Gasteiger partial charge in [0.05, 0.1) is 41.0 Å². The number of cyclic esters (lactones) is 1. The van der Waals surface area contributed by atoms with Gasteiger partial charge < -0.3 is 44.2 Å². The van der Waals surface area contributed by atoms with Crippen LogP contribution in [0.15, 0.2) is 11.6 Å². The summed E-state index contributed by atoms with van der Waals surface area (Å²) in [5, 5.41) is 46.1. The Balaban J connectivity index is 1.23. The van der Waals surface area contributed by atoms with Gasteiger partial charge in [0.2, 0.25) is 0 Å². The summed E-state index contributed by atoms with van der Waals surface area (Å²) in [4.78, 5) is 24.9. The van der Waals surface area contributed by atoms with E-state index in [0.717, 1.165) is 11.9 Å². The van der Waals surface area contributed by atoms with Crippen LogP contribution in [0, 0.1) is 28.6 Å². The number of esters is 1. The molecule has 10 heteroatoms. The zero-order valence-electron chi connectivity index (χ0n) is 23.7. The van der Waals surface area contributed by atoms with E-state index < -0.39 is 64.6 Å².